The number of fused-ring (bicyclic) bond motifs is 1. The van der Waals surface area contributed by atoms with Crippen LogP contribution >= 0.6 is 0 Å². The largest absolute Gasteiger partial charge is 0.484 e. The molecule has 5 heteroatoms. The van der Waals surface area contributed by atoms with Crippen LogP contribution in [0, 0.1) is 0 Å². The third-order valence-corrected chi connectivity index (χ3v) is 4.22. The molecule has 2 aliphatic rings. The van der Waals surface area contributed by atoms with E-state index in [-0.39, 0.29) is 19.3 Å². The van der Waals surface area contributed by atoms with Crippen molar-refractivity contribution in [3.8, 4) is 17.2 Å². The van der Waals surface area contributed by atoms with Crippen molar-refractivity contribution in [1.82, 2.24) is 4.90 Å². The number of hydrogen-bond acceptors (Lipinski definition) is 4. The smallest absolute Gasteiger partial charge is 0.260 e. The Kier molecular flexibility index (Phi) is 4.18. The molecule has 0 unspecified atom stereocenters. The van der Waals surface area contributed by atoms with E-state index in [0.717, 1.165) is 12.8 Å². The summed E-state index contributed by atoms with van der Waals surface area (Å²) < 4.78 is 16.1. The molecule has 0 bridgehead atoms. The zero-order valence-electron chi connectivity index (χ0n) is 12.3. The van der Waals surface area contributed by atoms with Crippen LogP contribution in [0.25, 0.3) is 0 Å². The van der Waals surface area contributed by atoms with E-state index in [2.05, 4.69) is 0 Å². The summed E-state index contributed by atoms with van der Waals surface area (Å²) in [6.45, 7) is 0.300. The van der Waals surface area contributed by atoms with Gasteiger partial charge in [-0.1, -0.05) is 19.3 Å². The first kappa shape index (κ1) is 14.0. The van der Waals surface area contributed by atoms with Gasteiger partial charge < -0.3 is 19.1 Å². The molecule has 21 heavy (non-hydrogen) atoms. The van der Waals surface area contributed by atoms with Gasteiger partial charge in [-0.3, -0.25) is 4.79 Å². The van der Waals surface area contributed by atoms with Gasteiger partial charge in [0.05, 0.1) is 0 Å². The summed E-state index contributed by atoms with van der Waals surface area (Å²) in [5.41, 5.74) is 0. The van der Waals surface area contributed by atoms with Crippen LogP contribution in [-0.4, -0.2) is 37.3 Å². The Hall–Kier alpha value is -1.91. The van der Waals surface area contributed by atoms with E-state index in [1.807, 2.05) is 11.9 Å². The third kappa shape index (κ3) is 3.23. The minimum atomic E-state index is 0.0274. The Balaban J connectivity index is 1.53. The predicted molar refractivity (Wildman–Crippen MR) is 77.7 cm³/mol. The molecule has 1 fully saturated rings. The Bertz CT molecular complexity index is 511. The quantitative estimate of drug-likeness (QED) is 0.855. The first-order valence-electron chi connectivity index (χ1n) is 7.52. The van der Waals surface area contributed by atoms with E-state index in [4.69, 9.17) is 14.2 Å². The molecule has 1 heterocycles. The molecule has 0 spiro atoms. The molecule has 0 aromatic heterocycles. The number of ether oxygens (including phenoxy) is 3. The Morgan fingerprint density at radius 1 is 1.24 bits per heavy atom. The summed E-state index contributed by atoms with van der Waals surface area (Å²) in [6, 6.07) is 5.72. The van der Waals surface area contributed by atoms with E-state index in [1.165, 1.54) is 19.3 Å². The Morgan fingerprint density at radius 3 is 2.81 bits per heavy atom. The van der Waals surface area contributed by atoms with Crippen molar-refractivity contribution in [1.29, 1.82) is 0 Å². The highest BCUT2D eigenvalue weighted by Gasteiger charge is 2.22. The lowest BCUT2D eigenvalue weighted by atomic mass is 9.94. The van der Waals surface area contributed by atoms with E-state index in [0.29, 0.717) is 23.3 Å². The first-order chi connectivity index (χ1) is 10.2. The molecule has 1 aliphatic heterocycles. The van der Waals surface area contributed by atoms with Crippen LogP contribution in [-0.2, 0) is 4.79 Å². The molecule has 0 saturated heterocycles. The monoisotopic (exact) mass is 291 g/mol. The number of carbonyl (C=O) groups excluding carboxylic acids is 1. The zero-order chi connectivity index (χ0) is 14.7. The molecule has 114 valence electrons. The van der Waals surface area contributed by atoms with Crippen LogP contribution in [0.1, 0.15) is 32.1 Å². The third-order valence-electron chi connectivity index (χ3n) is 4.22. The van der Waals surface area contributed by atoms with Gasteiger partial charge in [0.25, 0.3) is 5.91 Å². The van der Waals surface area contributed by atoms with Gasteiger partial charge in [-0.2, -0.15) is 0 Å². The fraction of sp³-hybridized carbons (Fsp3) is 0.562. The fourth-order valence-corrected chi connectivity index (χ4v) is 2.89. The standard InChI is InChI=1S/C16H21NO4/c1-17(12-5-3-2-4-6-12)16(18)10-19-13-7-8-14-15(9-13)21-11-20-14/h7-9,12H,2-6,10-11H2,1H3. The molecule has 0 N–H and O–H groups in total. The number of benzene rings is 1. The van der Waals surface area contributed by atoms with Crippen LogP contribution in [0.5, 0.6) is 17.2 Å². The average molecular weight is 291 g/mol. The predicted octanol–water partition coefficient (Wildman–Crippen LogP) is 2.59. The molecular weight excluding hydrogens is 270 g/mol. The second-order valence-electron chi connectivity index (χ2n) is 5.60. The lowest BCUT2D eigenvalue weighted by Gasteiger charge is -2.31. The zero-order valence-corrected chi connectivity index (χ0v) is 12.3. The minimum Gasteiger partial charge on any atom is -0.484 e. The van der Waals surface area contributed by atoms with Crippen LogP contribution in [0.4, 0.5) is 0 Å². The topological polar surface area (TPSA) is 48.0 Å². The molecule has 1 saturated carbocycles. The Morgan fingerprint density at radius 2 is 2.00 bits per heavy atom. The molecule has 0 atom stereocenters. The summed E-state index contributed by atoms with van der Waals surface area (Å²) in [5, 5.41) is 0. The van der Waals surface area contributed by atoms with E-state index in [1.54, 1.807) is 18.2 Å². The van der Waals surface area contributed by atoms with Gasteiger partial charge in [0.2, 0.25) is 6.79 Å². The van der Waals surface area contributed by atoms with Gasteiger partial charge >= 0.3 is 0 Å². The number of rotatable bonds is 4. The van der Waals surface area contributed by atoms with Crippen molar-refractivity contribution < 1.29 is 19.0 Å². The van der Waals surface area contributed by atoms with Crippen LogP contribution in [0.2, 0.25) is 0 Å². The number of hydrogen-bond donors (Lipinski definition) is 0. The van der Waals surface area contributed by atoms with E-state index >= 15 is 0 Å². The highest BCUT2D eigenvalue weighted by atomic mass is 16.7. The normalized spacial score (nSPS) is 17.6. The number of carbonyl (C=O) groups is 1. The van der Waals surface area contributed by atoms with Gasteiger partial charge in [0.15, 0.2) is 18.1 Å². The van der Waals surface area contributed by atoms with Gasteiger partial charge in [-0.05, 0) is 25.0 Å². The van der Waals surface area contributed by atoms with Crippen LogP contribution in [0.3, 0.4) is 0 Å². The second kappa shape index (κ2) is 6.24. The van der Waals surface area contributed by atoms with Gasteiger partial charge in [0.1, 0.15) is 5.75 Å². The maximum absolute atomic E-state index is 12.2. The van der Waals surface area contributed by atoms with Gasteiger partial charge in [-0.25, -0.2) is 0 Å². The van der Waals surface area contributed by atoms with Crippen LogP contribution in [0.15, 0.2) is 18.2 Å². The van der Waals surface area contributed by atoms with Crippen molar-refractivity contribution in [3.05, 3.63) is 18.2 Å². The number of amides is 1. The van der Waals surface area contributed by atoms with Crippen molar-refractivity contribution >= 4 is 5.91 Å². The van der Waals surface area contributed by atoms with E-state index < -0.39 is 0 Å². The lowest BCUT2D eigenvalue weighted by Crippen LogP contribution is -2.40. The van der Waals surface area contributed by atoms with Crippen molar-refractivity contribution in [2.24, 2.45) is 0 Å². The minimum absolute atomic E-state index is 0.0274. The molecule has 0 radical (unpaired) electrons. The van der Waals surface area contributed by atoms with Gasteiger partial charge in [-0.15, -0.1) is 0 Å². The highest BCUT2D eigenvalue weighted by molar-refractivity contribution is 5.77. The molecule has 1 aromatic carbocycles. The molecular formula is C16H21NO4. The summed E-state index contributed by atoms with van der Waals surface area (Å²) in [7, 11) is 1.88. The summed E-state index contributed by atoms with van der Waals surface area (Å²) in [6.07, 6.45) is 5.92. The fourth-order valence-electron chi connectivity index (χ4n) is 2.89. The Labute approximate surface area is 124 Å². The van der Waals surface area contributed by atoms with Crippen molar-refractivity contribution in [2.75, 3.05) is 20.4 Å². The second-order valence-corrected chi connectivity index (χ2v) is 5.60. The summed E-state index contributed by atoms with van der Waals surface area (Å²) in [4.78, 5) is 14.0. The van der Waals surface area contributed by atoms with Crippen molar-refractivity contribution in [2.45, 2.75) is 38.1 Å². The van der Waals surface area contributed by atoms with Crippen molar-refractivity contribution in [3.63, 3.8) is 0 Å². The van der Waals surface area contributed by atoms with Gasteiger partial charge in [0, 0.05) is 19.2 Å². The number of nitrogens with zero attached hydrogens (tertiary/aromatic N) is 1. The molecule has 1 aliphatic carbocycles. The maximum atomic E-state index is 12.2. The number of likely N-dealkylation sites (N-methyl/N-ethyl adjacent to an activating group) is 1. The SMILES string of the molecule is CN(C(=O)COc1ccc2c(c1)OCO2)C1CCCCC1. The highest BCUT2D eigenvalue weighted by Crippen LogP contribution is 2.35. The molecule has 5 nitrogen and oxygen atoms in total. The lowest BCUT2D eigenvalue weighted by molar-refractivity contribution is -0.134. The van der Waals surface area contributed by atoms with E-state index in [9.17, 15) is 4.79 Å². The molecule has 1 amide bonds. The van der Waals surface area contributed by atoms with Crippen LogP contribution < -0.4 is 14.2 Å². The molecule has 3 rings (SSSR count). The maximum Gasteiger partial charge on any atom is 0.260 e. The summed E-state index contributed by atoms with van der Waals surface area (Å²) >= 11 is 0. The molecule has 1 aromatic rings. The average Bonchev–Trinajstić information content (AvgIpc) is 3.00. The summed E-state index contributed by atoms with van der Waals surface area (Å²) in [5.74, 6) is 2.04. The first-order valence-corrected chi connectivity index (χ1v) is 7.52.